The van der Waals surface area contributed by atoms with Crippen LogP contribution in [0.3, 0.4) is 0 Å². The Labute approximate surface area is 156 Å². The molecule has 2 atom stereocenters. The third-order valence-electron chi connectivity index (χ3n) is 5.42. The quantitative estimate of drug-likeness (QED) is 0.803. The standard InChI is InChI=1S/C20H30N2O4/c1-5-25-19-9-15(14(2)8-18(19)24-4)11-22-7-6-17-16(12-22)10-21(3)20(23)13-26-17/h8-9,16-17H,5-7,10-13H2,1-4H3/t16-,17-/m0/s1. The summed E-state index contributed by atoms with van der Waals surface area (Å²) in [6.07, 6.45) is 1.16. The summed E-state index contributed by atoms with van der Waals surface area (Å²) in [5, 5.41) is 0. The van der Waals surface area contributed by atoms with Crippen LogP contribution in [0.1, 0.15) is 24.5 Å². The Morgan fingerprint density at radius 2 is 2.08 bits per heavy atom. The van der Waals surface area contributed by atoms with Gasteiger partial charge < -0.3 is 19.1 Å². The van der Waals surface area contributed by atoms with Crippen LogP contribution < -0.4 is 9.47 Å². The fraction of sp³-hybridized carbons (Fsp3) is 0.650. The van der Waals surface area contributed by atoms with Crippen LogP contribution in [0.2, 0.25) is 0 Å². The number of carbonyl (C=O) groups excluding carboxylic acids is 1. The molecule has 0 spiro atoms. The first kappa shape index (κ1) is 19.0. The van der Waals surface area contributed by atoms with Crippen molar-refractivity contribution in [2.45, 2.75) is 32.9 Å². The minimum atomic E-state index is 0.0818. The minimum Gasteiger partial charge on any atom is -0.493 e. The summed E-state index contributed by atoms with van der Waals surface area (Å²) in [6, 6.07) is 4.15. The number of nitrogens with zero attached hydrogens (tertiary/aromatic N) is 2. The van der Waals surface area contributed by atoms with Gasteiger partial charge in [-0.05, 0) is 43.5 Å². The third kappa shape index (κ3) is 4.13. The topological polar surface area (TPSA) is 51.2 Å². The third-order valence-corrected chi connectivity index (χ3v) is 5.42. The van der Waals surface area contributed by atoms with Gasteiger partial charge in [0.15, 0.2) is 11.5 Å². The highest BCUT2D eigenvalue weighted by molar-refractivity contribution is 5.77. The van der Waals surface area contributed by atoms with Crippen LogP contribution in [0.15, 0.2) is 12.1 Å². The van der Waals surface area contributed by atoms with Crippen molar-refractivity contribution in [3.8, 4) is 11.5 Å². The van der Waals surface area contributed by atoms with E-state index in [4.69, 9.17) is 14.2 Å². The summed E-state index contributed by atoms with van der Waals surface area (Å²) >= 11 is 0. The normalized spacial score (nSPS) is 24.2. The number of ether oxygens (including phenoxy) is 3. The van der Waals surface area contributed by atoms with E-state index in [1.807, 2.05) is 20.0 Å². The molecule has 0 radical (unpaired) electrons. The average molecular weight is 362 g/mol. The second kappa shape index (κ2) is 8.27. The lowest BCUT2D eigenvalue weighted by atomic mass is 9.93. The Morgan fingerprint density at radius 3 is 2.81 bits per heavy atom. The lowest BCUT2D eigenvalue weighted by Gasteiger charge is -2.38. The Balaban J connectivity index is 1.71. The molecule has 26 heavy (non-hydrogen) atoms. The van der Waals surface area contributed by atoms with Crippen LogP contribution in [0.5, 0.6) is 11.5 Å². The molecule has 6 nitrogen and oxygen atoms in total. The molecule has 3 rings (SSSR count). The summed E-state index contributed by atoms with van der Waals surface area (Å²) in [5.74, 6) is 2.03. The predicted molar refractivity (Wildman–Crippen MR) is 99.7 cm³/mol. The summed E-state index contributed by atoms with van der Waals surface area (Å²) in [7, 11) is 3.54. The number of amides is 1. The number of aryl methyl sites for hydroxylation is 1. The number of piperidine rings is 1. The van der Waals surface area contributed by atoms with Gasteiger partial charge in [-0.25, -0.2) is 0 Å². The van der Waals surface area contributed by atoms with E-state index in [-0.39, 0.29) is 18.6 Å². The van der Waals surface area contributed by atoms with Gasteiger partial charge in [-0.2, -0.15) is 0 Å². The Hall–Kier alpha value is -1.79. The average Bonchev–Trinajstić information content (AvgIpc) is 2.76. The van der Waals surface area contributed by atoms with Gasteiger partial charge in [0.05, 0.1) is 19.8 Å². The number of methoxy groups -OCH3 is 1. The molecule has 0 aliphatic carbocycles. The molecule has 2 aliphatic rings. The smallest absolute Gasteiger partial charge is 0.248 e. The molecule has 0 unspecified atom stereocenters. The number of hydrogen-bond donors (Lipinski definition) is 0. The molecule has 0 N–H and O–H groups in total. The van der Waals surface area contributed by atoms with Crippen LogP contribution in [-0.4, -0.2) is 68.8 Å². The molecular formula is C20H30N2O4. The summed E-state index contributed by atoms with van der Waals surface area (Å²) < 4.78 is 17.0. The molecule has 2 heterocycles. The van der Waals surface area contributed by atoms with Gasteiger partial charge >= 0.3 is 0 Å². The van der Waals surface area contributed by atoms with E-state index in [0.717, 1.165) is 44.1 Å². The summed E-state index contributed by atoms with van der Waals surface area (Å²) in [6.45, 7) is 8.49. The van der Waals surface area contributed by atoms with Crippen molar-refractivity contribution in [1.29, 1.82) is 0 Å². The number of hydrogen-bond acceptors (Lipinski definition) is 5. The number of likely N-dealkylation sites (N-methyl/N-ethyl adjacent to an activating group) is 1. The molecule has 0 saturated carbocycles. The van der Waals surface area contributed by atoms with Crippen molar-refractivity contribution >= 4 is 5.91 Å². The first-order chi connectivity index (χ1) is 12.5. The van der Waals surface area contributed by atoms with E-state index >= 15 is 0 Å². The van der Waals surface area contributed by atoms with Crippen molar-refractivity contribution in [3.05, 3.63) is 23.3 Å². The molecule has 2 fully saturated rings. The minimum absolute atomic E-state index is 0.0818. The lowest BCUT2D eigenvalue weighted by Crippen LogP contribution is -2.46. The SMILES string of the molecule is CCOc1cc(CN2CC[C@@H]3OCC(=O)N(C)C[C@H]3C2)c(C)cc1OC. The predicted octanol–water partition coefficient (Wildman–Crippen LogP) is 2.08. The van der Waals surface area contributed by atoms with E-state index in [2.05, 4.69) is 17.9 Å². The van der Waals surface area contributed by atoms with Gasteiger partial charge in [0.25, 0.3) is 0 Å². The second-order valence-corrected chi connectivity index (χ2v) is 7.27. The van der Waals surface area contributed by atoms with E-state index < -0.39 is 0 Å². The number of carbonyl (C=O) groups is 1. The van der Waals surface area contributed by atoms with Gasteiger partial charge in [0, 0.05) is 39.1 Å². The summed E-state index contributed by atoms with van der Waals surface area (Å²) in [5.41, 5.74) is 2.46. The van der Waals surface area contributed by atoms with Crippen LogP contribution >= 0.6 is 0 Å². The number of likely N-dealkylation sites (tertiary alicyclic amines) is 1. The maximum absolute atomic E-state index is 11.9. The largest absolute Gasteiger partial charge is 0.493 e. The van der Waals surface area contributed by atoms with E-state index in [1.54, 1.807) is 12.0 Å². The fourth-order valence-corrected chi connectivity index (χ4v) is 3.91. The highest BCUT2D eigenvalue weighted by Crippen LogP contribution is 2.32. The highest BCUT2D eigenvalue weighted by atomic mass is 16.5. The maximum atomic E-state index is 11.9. The zero-order chi connectivity index (χ0) is 18.7. The molecule has 2 aliphatic heterocycles. The van der Waals surface area contributed by atoms with Gasteiger partial charge in [-0.15, -0.1) is 0 Å². The molecule has 1 aromatic rings. The van der Waals surface area contributed by atoms with Crippen molar-refractivity contribution in [3.63, 3.8) is 0 Å². The van der Waals surface area contributed by atoms with Gasteiger partial charge in [0.1, 0.15) is 6.61 Å². The number of rotatable bonds is 5. The van der Waals surface area contributed by atoms with Gasteiger partial charge in [0.2, 0.25) is 5.91 Å². The molecule has 2 saturated heterocycles. The van der Waals surface area contributed by atoms with Crippen LogP contribution in [0.25, 0.3) is 0 Å². The van der Waals surface area contributed by atoms with Gasteiger partial charge in [-0.3, -0.25) is 9.69 Å². The van der Waals surface area contributed by atoms with Gasteiger partial charge in [-0.1, -0.05) is 0 Å². The van der Waals surface area contributed by atoms with Crippen molar-refractivity contribution < 1.29 is 19.0 Å². The van der Waals surface area contributed by atoms with Crippen LogP contribution in [0.4, 0.5) is 0 Å². The lowest BCUT2D eigenvalue weighted by molar-refractivity contribution is -0.133. The van der Waals surface area contributed by atoms with E-state index in [0.29, 0.717) is 12.5 Å². The zero-order valence-corrected chi connectivity index (χ0v) is 16.3. The number of fused-ring (bicyclic) bond motifs is 1. The second-order valence-electron chi connectivity index (χ2n) is 7.27. The fourth-order valence-electron chi connectivity index (χ4n) is 3.91. The van der Waals surface area contributed by atoms with Crippen molar-refractivity contribution in [1.82, 2.24) is 9.80 Å². The Kier molecular flexibility index (Phi) is 6.04. The molecule has 1 aromatic carbocycles. The summed E-state index contributed by atoms with van der Waals surface area (Å²) in [4.78, 5) is 16.2. The maximum Gasteiger partial charge on any atom is 0.248 e. The molecule has 6 heteroatoms. The van der Waals surface area contributed by atoms with E-state index in [9.17, 15) is 4.79 Å². The Bertz CT molecular complexity index is 649. The van der Waals surface area contributed by atoms with Crippen LogP contribution in [0, 0.1) is 12.8 Å². The Morgan fingerprint density at radius 1 is 1.27 bits per heavy atom. The monoisotopic (exact) mass is 362 g/mol. The molecule has 0 aromatic heterocycles. The van der Waals surface area contributed by atoms with E-state index in [1.165, 1.54) is 11.1 Å². The molecular weight excluding hydrogens is 332 g/mol. The van der Waals surface area contributed by atoms with Crippen molar-refractivity contribution in [2.75, 3.05) is 47.0 Å². The molecule has 0 bridgehead atoms. The first-order valence-corrected chi connectivity index (χ1v) is 9.40. The highest BCUT2D eigenvalue weighted by Gasteiger charge is 2.34. The molecule has 1 amide bonds. The van der Waals surface area contributed by atoms with Crippen LogP contribution in [-0.2, 0) is 16.1 Å². The molecule has 144 valence electrons. The first-order valence-electron chi connectivity index (χ1n) is 9.40. The van der Waals surface area contributed by atoms with Crippen molar-refractivity contribution in [2.24, 2.45) is 5.92 Å². The number of benzene rings is 1. The zero-order valence-electron chi connectivity index (χ0n) is 16.3.